The summed E-state index contributed by atoms with van der Waals surface area (Å²) in [4.78, 5) is 25.4. The first-order chi connectivity index (χ1) is 10.1. The highest BCUT2D eigenvalue weighted by Crippen LogP contribution is 2.17. The summed E-state index contributed by atoms with van der Waals surface area (Å²) in [6, 6.07) is 2.32. The molecule has 5 nitrogen and oxygen atoms in total. The highest BCUT2D eigenvalue weighted by molar-refractivity contribution is 5.97. The molecular weight excluding hydrogens is 282 g/mol. The van der Waals surface area contributed by atoms with Crippen LogP contribution in [0.1, 0.15) is 17.3 Å². The van der Waals surface area contributed by atoms with Crippen molar-refractivity contribution in [2.45, 2.75) is 13.0 Å². The minimum Gasteiger partial charge on any atom is -0.464 e. The molecule has 1 aliphatic heterocycles. The van der Waals surface area contributed by atoms with Gasteiger partial charge in [0.05, 0.1) is 6.61 Å². The molecule has 1 aromatic carbocycles. The largest absolute Gasteiger partial charge is 0.464 e. The van der Waals surface area contributed by atoms with Crippen LogP contribution < -0.4 is 5.32 Å². The second-order valence-corrected chi connectivity index (χ2v) is 4.57. The van der Waals surface area contributed by atoms with Crippen molar-refractivity contribution in [1.82, 2.24) is 10.2 Å². The topological polar surface area (TPSA) is 58.6 Å². The molecule has 1 saturated heterocycles. The highest BCUT2D eigenvalue weighted by atomic mass is 19.1. The zero-order chi connectivity index (χ0) is 15.4. The minimum absolute atomic E-state index is 0.172. The van der Waals surface area contributed by atoms with Gasteiger partial charge in [-0.05, 0) is 19.1 Å². The summed E-state index contributed by atoms with van der Waals surface area (Å²) < 4.78 is 32.3. The zero-order valence-electron chi connectivity index (χ0n) is 11.6. The number of piperazine rings is 1. The number of hydrogen-bond acceptors (Lipinski definition) is 4. The molecule has 1 amide bonds. The Balaban J connectivity index is 2.29. The van der Waals surface area contributed by atoms with Gasteiger partial charge in [0.1, 0.15) is 23.2 Å². The molecule has 0 saturated carbocycles. The van der Waals surface area contributed by atoms with E-state index >= 15 is 0 Å². The van der Waals surface area contributed by atoms with E-state index in [0.29, 0.717) is 6.54 Å². The van der Waals surface area contributed by atoms with Gasteiger partial charge in [0.15, 0.2) is 0 Å². The highest BCUT2D eigenvalue weighted by Gasteiger charge is 2.35. The Bertz CT molecular complexity index is 531. The third kappa shape index (κ3) is 3.18. The van der Waals surface area contributed by atoms with E-state index in [1.807, 2.05) is 0 Å². The Hall–Kier alpha value is -2.02. The maximum Gasteiger partial charge on any atom is 0.330 e. The minimum atomic E-state index is -0.943. The number of esters is 1. The molecule has 2 rings (SSSR count). The molecule has 0 aromatic heterocycles. The smallest absolute Gasteiger partial charge is 0.330 e. The standard InChI is InChI=1S/C14H16F2N2O3/c1-2-21-14(20)11-8-17-6-7-18(11)13(19)12-9(15)4-3-5-10(12)16/h3-5,11,17H,2,6-8H2,1H3. The van der Waals surface area contributed by atoms with Crippen molar-refractivity contribution in [3.63, 3.8) is 0 Å². The monoisotopic (exact) mass is 298 g/mol. The van der Waals surface area contributed by atoms with E-state index < -0.39 is 35.1 Å². The van der Waals surface area contributed by atoms with Crippen LogP contribution in [-0.4, -0.2) is 49.1 Å². The first-order valence-corrected chi connectivity index (χ1v) is 6.68. The van der Waals surface area contributed by atoms with Crippen molar-refractivity contribution in [2.24, 2.45) is 0 Å². The lowest BCUT2D eigenvalue weighted by molar-refractivity contribution is -0.149. The van der Waals surface area contributed by atoms with Crippen LogP contribution in [-0.2, 0) is 9.53 Å². The van der Waals surface area contributed by atoms with Crippen molar-refractivity contribution in [2.75, 3.05) is 26.2 Å². The summed E-state index contributed by atoms with van der Waals surface area (Å²) in [5.41, 5.74) is -0.645. The number of nitrogens with one attached hydrogen (secondary N) is 1. The molecule has 1 heterocycles. The summed E-state index contributed by atoms with van der Waals surface area (Å²) in [5, 5.41) is 2.96. The fourth-order valence-electron chi connectivity index (χ4n) is 2.24. The van der Waals surface area contributed by atoms with Gasteiger partial charge < -0.3 is 15.0 Å². The summed E-state index contributed by atoms with van der Waals surface area (Å²) >= 11 is 0. The molecule has 0 aliphatic carbocycles. The molecule has 21 heavy (non-hydrogen) atoms. The van der Waals surface area contributed by atoms with Crippen LogP contribution in [0.2, 0.25) is 0 Å². The number of hydrogen-bond donors (Lipinski definition) is 1. The molecular formula is C14H16F2N2O3. The van der Waals surface area contributed by atoms with E-state index in [9.17, 15) is 18.4 Å². The van der Waals surface area contributed by atoms with Crippen LogP contribution in [0.4, 0.5) is 8.78 Å². The lowest BCUT2D eigenvalue weighted by atomic mass is 10.1. The van der Waals surface area contributed by atoms with Crippen molar-refractivity contribution >= 4 is 11.9 Å². The molecule has 1 fully saturated rings. The normalized spacial score (nSPS) is 18.4. The van der Waals surface area contributed by atoms with Crippen LogP contribution >= 0.6 is 0 Å². The Morgan fingerprint density at radius 2 is 2.05 bits per heavy atom. The van der Waals surface area contributed by atoms with Crippen molar-refractivity contribution in [1.29, 1.82) is 0 Å². The van der Waals surface area contributed by atoms with Crippen LogP contribution in [0.5, 0.6) is 0 Å². The van der Waals surface area contributed by atoms with E-state index in [2.05, 4.69) is 5.32 Å². The van der Waals surface area contributed by atoms with Gasteiger partial charge in [0.25, 0.3) is 5.91 Å². The predicted octanol–water partition coefficient (Wildman–Crippen LogP) is 0.942. The van der Waals surface area contributed by atoms with Gasteiger partial charge in [-0.25, -0.2) is 13.6 Å². The number of halogens is 2. The van der Waals surface area contributed by atoms with Gasteiger partial charge in [0.2, 0.25) is 0 Å². The number of ether oxygens (including phenoxy) is 1. The molecule has 0 bridgehead atoms. The summed E-state index contributed by atoms with van der Waals surface area (Å²) in [7, 11) is 0. The number of carbonyl (C=O) groups excluding carboxylic acids is 2. The van der Waals surface area contributed by atoms with E-state index in [1.54, 1.807) is 6.92 Å². The Morgan fingerprint density at radius 1 is 1.38 bits per heavy atom. The molecule has 0 spiro atoms. The SMILES string of the molecule is CCOC(=O)C1CNCCN1C(=O)c1c(F)cccc1F. The number of carbonyl (C=O) groups is 2. The maximum atomic E-state index is 13.7. The Morgan fingerprint density at radius 3 is 2.67 bits per heavy atom. The summed E-state index contributed by atoms with van der Waals surface area (Å²) in [5.74, 6) is -3.32. The zero-order valence-corrected chi connectivity index (χ0v) is 11.6. The van der Waals surface area contributed by atoms with Crippen LogP contribution in [0, 0.1) is 11.6 Å². The third-order valence-corrected chi connectivity index (χ3v) is 3.24. The molecule has 0 radical (unpaired) electrons. The van der Waals surface area contributed by atoms with Crippen LogP contribution in [0.15, 0.2) is 18.2 Å². The number of benzene rings is 1. The quantitative estimate of drug-likeness (QED) is 0.844. The molecule has 1 aromatic rings. The van der Waals surface area contributed by atoms with E-state index in [4.69, 9.17) is 4.74 Å². The first-order valence-electron chi connectivity index (χ1n) is 6.68. The van der Waals surface area contributed by atoms with Gasteiger partial charge in [0, 0.05) is 19.6 Å². The average molecular weight is 298 g/mol. The predicted molar refractivity (Wildman–Crippen MR) is 70.7 cm³/mol. The lowest BCUT2D eigenvalue weighted by Gasteiger charge is -2.34. The van der Waals surface area contributed by atoms with Crippen molar-refractivity contribution in [3.8, 4) is 0 Å². The molecule has 1 unspecified atom stereocenters. The second kappa shape index (κ2) is 6.62. The van der Waals surface area contributed by atoms with E-state index in [0.717, 1.165) is 17.0 Å². The maximum absolute atomic E-state index is 13.7. The fourth-order valence-corrected chi connectivity index (χ4v) is 2.24. The molecule has 1 aliphatic rings. The van der Waals surface area contributed by atoms with Gasteiger partial charge >= 0.3 is 5.97 Å². The van der Waals surface area contributed by atoms with Gasteiger partial charge in [-0.2, -0.15) is 0 Å². The molecule has 1 atom stereocenters. The average Bonchev–Trinajstić information content (AvgIpc) is 2.47. The van der Waals surface area contributed by atoms with Crippen molar-refractivity contribution < 1.29 is 23.1 Å². The van der Waals surface area contributed by atoms with Gasteiger partial charge in [-0.3, -0.25) is 4.79 Å². The first kappa shape index (κ1) is 15.4. The van der Waals surface area contributed by atoms with Gasteiger partial charge in [-0.15, -0.1) is 0 Å². The number of nitrogens with zero attached hydrogens (tertiary/aromatic N) is 1. The summed E-state index contributed by atoms with van der Waals surface area (Å²) in [6.07, 6.45) is 0. The summed E-state index contributed by atoms with van der Waals surface area (Å²) in [6.45, 7) is 2.64. The van der Waals surface area contributed by atoms with E-state index in [-0.39, 0.29) is 19.7 Å². The van der Waals surface area contributed by atoms with Crippen LogP contribution in [0.25, 0.3) is 0 Å². The second-order valence-electron chi connectivity index (χ2n) is 4.57. The van der Waals surface area contributed by atoms with Crippen molar-refractivity contribution in [3.05, 3.63) is 35.4 Å². The lowest BCUT2D eigenvalue weighted by Crippen LogP contribution is -2.57. The molecule has 1 N–H and O–H groups in total. The molecule has 7 heteroatoms. The molecule has 114 valence electrons. The Kier molecular flexibility index (Phi) is 4.85. The fraction of sp³-hybridized carbons (Fsp3) is 0.429. The third-order valence-electron chi connectivity index (χ3n) is 3.24. The van der Waals surface area contributed by atoms with E-state index in [1.165, 1.54) is 6.07 Å². The van der Waals surface area contributed by atoms with Crippen LogP contribution in [0.3, 0.4) is 0 Å². The number of rotatable bonds is 3. The van der Waals surface area contributed by atoms with Gasteiger partial charge in [-0.1, -0.05) is 6.07 Å². The Labute approximate surface area is 120 Å². The number of amides is 1.